The molecule has 1 aliphatic rings. The second-order valence-corrected chi connectivity index (χ2v) is 5.83. The SMILES string of the molecule is CCCNC1CCC(SCCCO)C1C. The van der Waals surface area contributed by atoms with Crippen LogP contribution in [0.4, 0.5) is 0 Å². The maximum Gasteiger partial charge on any atom is 0.0438 e. The lowest BCUT2D eigenvalue weighted by atomic mass is 10.1. The summed E-state index contributed by atoms with van der Waals surface area (Å²) in [4.78, 5) is 0. The van der Waals surface area contributed by atoms with Gasteiger partial charge >= 0.3 is 0 Å². The molecule has 0 aromatic carbocycles. The minimum absolute atomic E-state index is 0.339. The molecule has 0 heterocycles. The molecule has 0 aromatic rings. The second kappa shape index (κ2) is 7.53. The van der Waals surface area contributed by atoms with Gasteiger partial charge in [-0.2, -0.15) is 11.8 Å². The quantitative estimate of drug-likeness (QED) is 0.659. The standard InChI is InChI=1S/C12H25NOS/c1-3-7-13-11-5-6-12(10(11)2)15-9-4-8-14/h10-14H,3-9H2,1-2H3. The van der Waals surface area contributed by atoms with E-state index in [4.69, 9.17) is 5.11 Å². The molecule has 1 aliphatic carbocycles. The third-order valence-electron chi connectivity index (χ3n) is 3.27. The average molecular weight is 231 g/mol. The Labute approximate surface area is 98.2 Å². The molecule has 0 spiro atoms. The monoisotopic (exact) mass is 231 g/mol. The Bertz CT molecular complexity index is 166. The van der Waals surface area contributed by atoms with Crippen molar-refractivity contribution in [3.63, 3.8) is 0 Å². The molecule has 3 unspecified atom stereocenters. The van der Waals surface area contributed by atoms with E-state index in [1.165, 1.54) is 19.3 Å². The zero-order valence-electron chi connectivity index (χ0n) is 10.0. The van der Waals surface area contributed by atoms with Gasteiger partial charge in [-0.15, -0.1) is 0 Å². The zero-order chi connectivity index (χ0) is 11.1. The maximum atomic E-state index is 8.75. The molecule has 0 radical (unpaired) electrons. The molecule has 2 N–H and O–H groups in total. The molecule has 0 bridgehead atoms. The summed E-state index contributed by atoms with van der Waals surface area (Å²) in [5.41, 5.74) is 0. The van der Waals surface area contributed by atoms with Crippen LogP contribution in [0.15, 0.2) is 0 Å². The summed E-state index contributed by atoms with van der Waals surface area (Å²) in [7, 11) is 0. The molecule has 15 heavy (non-hydrogen) atoms. The van der Waals surface area contributed by atoms with Gasteiger partial charge in [-0.3, -0.25) is 0 Å². The lowest BCUT2D eigenvalue weighted by Crippen LogP contribution is -2.33. The first-order valence-electron chi connectivity index (χ1n) is 6.25. The molecular weight excluding hydrogens is 206 g/mol. The predicted octanol–water partition coefficient (Wildman–Crippen LogP) is 2.27. The van der Waals surface area contributed by atoms with Gasteiger partial charge in [0.05, 0.1) is 0 Å². The van der Waals surface area contributed by atoms with Gasteiger partial charge in [0.25, 0.3) is 0 Å². The molecule has 3 atom stereocenters. The zero-order valence-corrected chi connectivity index (χ0v) is 10.9. The minimum atomic E-state index is 0.339. The van der Waals surface area contributed by atoms with Gasteiger partial charge in [0.2, 0.25) is 0 Å². The Kier molecular flexibility index (Phi) is 6.69. The number of rotatable bonds is 7. The van der Waals surface area contributed by atoms with Gasteiger partial charge in [0.1, 0.15) is 0 Å². The van der Waals surface area contributed by atoms with Crippen LogP contribution < -0.4 is 5.32 Å². The number of nitrogens with one attached hydrogen (secondary N) is 1. The number of hydrogen-bond donors (Lipinski definition) is 2. The normalized spacial score (nSPS) is 31.0. The van der Waals surface area contributed by atoms with Crippen LogP contribution in [0.3, 0.4) is 0 Å². The van der Waals surface area contributed by atoms with Gasteiger partial charge in [-0.05, 0) is 43.9 Å². The van der Waals surface area contributed by atoms with E-state index in [1.807, 2.05) is 0 Å². The molecule has 1 fully saturated rings. The van der Waals surface area contributed by atoms with Crippen molar-refractivity contribution in [1.29, 1.82) is 0 Å². The van der Waals surface area contributed by atoms with Crippen LogP contribution in [0.25, 0.3) is 0 Å². The first kappa shape index (κ1) is 13.3. The first-order chi connectivity index (χ1) is 7.29. The summed E-state index contributed by atoms with van der Waals surface area (Å²) in [5, 5.41) is 13.2. The summed E-state index contributed by atoms with van der Waals surface area (Å²) in [5.74, 6) is 1.91. The minimum Gasteiger partial charge on any atom is -0.396 e. The Morgan fingerprint density at radius 1 is 1.40 bits per heavy atom. The van der Waals surface area contributed by atoms with Crippen LogP contribution in [-0.4, -0.2) is 35.3 Å². The molecule has 2 nitrogen and oxygen atoms in total. The van der Waals surface area contributed by atoms with E-state index in [2.05, 4.69) is 30.9 Å². The van der Waals surface area contributed by atoms with Crippen molar-refractivity contribution < 1.29 is 5.11 Å². The fourth-order valence-electron chi connectivity index (χ4n) is 2.28. The highest BCUT2D eigenvalue weighted by atomic mass is 32.2. The van der Waals surface area contributed by atoms with Crippen LogP contribution in [0, 0.1) is 5.92 Å². The molecular formula is C12H25NOS. The Morgan fingerprint density at radius 2 is 2.20 bits per heavy atom. The number of aliphatic hydroxyl groups is 1. The molecule has 0 amide bonds. The molecule has 1 rings (SSSR count). The van der Waals surface area contributed by atoms with E-state index < -0.39 is 0 Å². The van der Waals surface area contributed by atoms with Crippen molar-refractivity contribution in [3.8, 4) is 0 Å². The maximum absolute atomic E-state index is 8.75. The average Bonchev–Trinajstić information content (AvgIpc) is 2.58. The summed E-state index contributed by atoms with van der Waals surface area (Å²) in [6.07, 6.45) is 4.85. The van der Waals surface area contributed by atoms with Crippen molar-refractivity contribution in [2.75, 3.05) is 18.9 Å². The van der Waals surface area contributed by atoms with E-state index in [9.17, 15) is 0 Å². The molecule has 0 saturated heterocycles. The summed E-state index contributed by atoms with van der Waals surface area (Å²) in [6, 6.07) is 0.733. The van der Waals surface area contributed by atoms with Crippen LogP contribution in [0.1, 0.15) is 39.5 Å². The number of aliphatic hydroxyl groups excluding tert-OH is 1. The van der Waals surface area contributed by atoms with E-state index >= 15 is 0 Å². The van der Waals surface area contributed by atoms with E-state index in [-0.39, 0.29) is 0 Å². The highest BCUT2D eigenvalue weighted by Crippen LogP contribution is 2.35. The summed E-state index contributed by atoms with van der Waals surface area (Å²) >= 11 is 2.05. The Hall–Kier alpha value is 0.270. The molecule has 0 aromatic heterocycles. The summed E-state index contributed by atoms with van der Waals surface area (Å²) in [6.45, 7) is 6.09. The highest BCUT2D eigenvalue weighted by molar-refractivity contribution is 7.99. The van der Waals surface area contributed by atoms with Crippen molar-refractivity contribution in [2.45, 2.75) is 50.8 Å². The first-order valence-corrected chi connectivity index (χ1v) is 7.30. The number of hydrogen-bond acceptors (Lipinski definition) is 3. The second-order valence-electron chi connectivity index (χ2n) is 4.48. The van der Waals surface area contributed by atoms with Gasteiger partial charge < -0.3 is 10.4 Å². The summed E-state index contributed by atoms with van der Waals surface area (Å²) < 4.78 is 0. The molecule has 1 saturated carbocycles. The number of thioether (sulfide) groups is 1. The van der Waals surface area contributed by atoms with E-state index in [0.717, 1.165) is 35.9 Å². The molecule has 90 valence electrons. The Morgan fingerprint density at radius 3 is 2.87 bits per heavy atom. The van der Waals surface area contributed by atoms with Crippen LogP contribution in [0.2, 0.25) is 0 Å². The predicted molar refractivity (Wildman–Crippen MR) is 68.4 cm³/mol. The van der Waals surface area contributed by atoms with Crippen molar-refractivity contribution in [3.05, 3.63) is 0 Å². The van der Waals surface area contributed by atoms with Crippen LogP contribution >= 0.6 is 11.8 Å². The topological polar surface area (TPSA) is 32.3 Å². The fourth-order valence-corrected chi connectivity index (χ4v) is 3.68. The van der Waals surface area contributed by atoms with E-state index in [1.54, 1.807) is 0 Å². The fraction of sp³-hybridized carbons (Fsp3) is 1.00. The highest BCUT2D eigenvalue weighted by Gasteiger charge is 2.32. The largest absolute Gasteiger partial charge is 0.396 e. The van der Waals surface area contributed by atoms with Crippen molar-refractivity contribution >= 4 is 11.8 Å². The van der Waals surface area contributed by atoms with Gasteiger partial charge in [0, 0.05) is 17.9 Å². The van der Waals surface area contributed by atoms with Crippen molar-refractivity contribution in [1.82, 2.24) is 5.32 Å². The van der Waals surface area contributed by atoms with Gasteiger partial charge in [0.15, 0.2) is 0 Å². The van der Waals surface area contributed by atoms with Crippen molar-refractivity contribution in [2.24, 2.45) is 5.92 Å². The molecule has 3 heteroatoms. The van der Waals surface area contributed by atoms with Crippen LogP contribution in [0.5, 0.6) is 0 Å². The lowest BCUT2D eigenvalue weighted by Gasteiger charge is -2.21. The molecule has 0 aliphatic heterocycles. The van der Waals surface area contributed by atoms with E-state index in [0.29, 0.717) is 6.61 Å². The lowest BCUT2D eigenvalue weighted by molar-refractivity contribution is 0.296. The third kappa shape index (κ3) is 4.33. The Balaban J connectivity index is 2.19. The van der Waals surface area contributed by atoms with Gasteiger partial charge in [-0.25, -0.2) is 0 Å². The van der Waals surface area contributed by atoms with Gasteiger partial charge in [-0.1, -0.05) is 13.8 Å². The van der Waals surface area contributed by atoms with Crippen LogP contribution in [-0.2, 0) is 0 Å². The third-order valence-corrected chi connectivity index (χ3v) is 4.89. The smallest absolute Gasteiger partial charge is 0.0438 e.